The summed E-state index contributed by atoms with van der Waals surface area (Å²) in [5.74, 6) is -1.03. The van der Waals surface area contributed by atoms with Crippen LogP contribution < -0.4 is 5.32 Å². The summed E-state index contributed by atoms with van der Waals surface area (Å²) in [6.07, 6.45) is 1.07. The van der Waals surface area contributed by atoms with Gasteiger partial charge in [-0.15, -0.1) is 0 Å². The Morgan fingerprint density at radius 3 is 2.48 bits per heavy atom. The van der Waals surface area contributed by atoms with E-state index in [0.717, 1.165) is 5.56 Å². The molecule has 0 aromatic heterocycles. The lowest BCUT2D eigenvalue weighted by molar-refractivity contribution is 0.00569. The van der Waals surface area contributed by atoms with Crippen LogP contribution in [0.2, 0.25) is 0 Å². The molecule has 0 radical (unpaired) electrons. The monoisotopic (exact) mass is 292 g/mol. The van der Waals surface area contributed by atoms with Gasteiger partial charge in [0.25, 0.3) is 0 Å². The molecule has 1 aromatic carbocycles. The molecule has 3 N–H and O–H groups in total. The van der Waals surface area contributed by atoms with Gasteiger partial charge in [0.1, 0.15) is 0 Å². The Morgan fingerprint density at radius 1 is 1.29 bits per heavy atom. The zero-order chi connectivity index (χ0) is 15.6. The van der Waals surface area contributed by atoms with Crippen molar-refractivity contribution >= 4 is 17.7 Å². The lowest BCUT2D eigenvalue weighted by Crippen LogP contribution is -2.46. The van der Waals surface area contributed by atoms with Gasteiger partial charge < -0.3 is 20.4 Å². The number of urea groups is 1. The first kappa shape index (κ1) is 15.3. The minimum absolute atomic E-state index is 0.137. The molecule has 2 amide bonds. The molecule has 1 aliphatic heterocycles. The molecule has 0 unspecified atom stereocenters. The molecule has 1 fully saturated rings. The molecule has 0 aliphatic carbocycles. The lowest BCUT2D eigenvalue weighted by Gasteiger charge is -2.35. The van der Waals surface area contributed by atoms with Crippen LogP contribution in [0, 0.1) is 6.92 Å². The summed E-state index contributed by atoms with van der Waals surface area (Å²) in [5, 5.41) is 21.6. The number of benzene rings is 1. The predicted octanol–water partition coefficient (Wildman–Crippen LogP) is 2.07. The standard InChI is InChI=1S/C15H20N2O4/c1-10-3-4-11(13(18)19)9-12(10)16-14(20)17-7-5-15(2,21)6-8-17/h3-4,9,21H,5-8H2,1-2H3,(H,16,20)(H,18,19). The third-order valence-corrected chi connectivity index (χ3v) is 3.85. The van der Waals surface area contributed by atoms with Gasteiger partial charge in [0.05, 0.1) is 11.2 Å². The Bertz CT molecular complexity index is 559. The van der Waals surface area contributed by atoms with Crippen LogP contribution in [0.5, 0.6) is 0 Å². The van der Waals surface area contributed by atoms with Crippen molar-refractivity contribution in [1.29, 1.82) is 0 Å². The normalized spacial score (nSPS) is 17.4. The van der Waals surface area contributed by atoms with Crippen molar-refractivity contribution in [3.8, 4) is 0 Å². The summed E-state index contributed by atoms with van der Waals surface area (Å²) in [7, 11) is 0. The number of carboxylic acids is 1. The molecule has 114 valence electrons. The maximum Gasteiger partial charge on any atom is 0.335 e. The van der Waals surface area contributed by atoms with E-state index in [1.54, 1.807) is 17.9 Å². The van der Waals surface area contributed by atoms with Crippen LogP contribution in [0.15, 0.2) is 18.2 Å². The molecule has 1 aromatic rings. The second kappa shape index (κ2) is 5.73. The maximum atomic E-state index is 12.2. The Morgan fingerprint density at radius 2 is 1.90 bits per heavy atom. The number of aromatic carboxylic acids is 1. The minimum atomic E-state index is -1.03. The van der Waals surface area contributed by atoms with E-state index in [4.69, 9.17) is 5.11 Å². The molecule has 2 rings (SSSR count). The van der Waals surface area contributed by atoms with Gasteiger partial charge in [-0.3, -0.25) is 0 Å². The largest absolute Gasteiger partial charge is 0.478 e. The van der Waals surface area contributed by atoms with Crippen LogP contribution in [0.1, 0.15) is 35.7 Å². The van der Waals surface area contributed by atoms with Gasteiger partial charge in [-0.05, 0) is 44.4 Å². The van der Waals surface area contributed by atoms with Crippen LogP contribution in [0.4, 0.5) is 10.5 Å². The summed E-state index contributed by atoms with van der Waals surface area (Å²) < 4.78 is 0. The molecule has 1 aliphatic rings. The number of anilines is 1. The fourth-order valence-corrected chi connectivity index (χ4v) is 2.28. The second-order valence-corrected chi connectivity index (χ2v) is 5.75. The molecule has 6 heteroatoms. The number of hydrogen-bond acceptors (Lipinski definition) is 3. The Labute approximate surface area is 123 Å². The van der Waals surface area contributed by atoms with E-state index in [1.807, 2.05) is 6.92 Å². The third kappa shape index (κ3) is 3.72. The molecule has 0 spiro atoms. The van der Waals surface area contributed by atoms with Gasteiger partial charge in [0, 0.05) is 18.8 Å². The molecule has 1 saturated heterocycles. The summed E-state index contributed by atoms with van der Waals surface area (Å²) in [6, 6.07) is 4.36. The van der Waals surface area contributed by atoms with E-state index in [0.29, 0.717) is 31.6 Å². The summed E-state index contributed by atoms with van der Waals surface area (Å²) in [6.45, 7) is 4.54. The van der Waals surface area contributed by atoms with Crippen molar-refractivity contribution in [3.05, 3.63) is 29.3 Å². The van der Waals surface area contributed by atoms with Gasteiger partial charge >= 0.3 is 12.0 Å². The Hall–Kier alpha value is -2.08. The number of amides is 2. The first-order chi connectivity index (χ1) is 9.78. The van der Waals surface area contributed by atoms with E-state index in [1.165, 1.54) is 12.1 Å². The first-order valence-electron chi connectivity index (χ1n) is 6.91. The zero-order valence-corrected chi connectivity index (χ0v) is 12.2. The highest BCUT2D eigenvalue weighted by atomic mass is 16.4. The van der Waals surface area contributed by atoms with E-state index in [-0.39, 0.29) is 11.6 Å². The quantitative estimate of drug-likeness (QED) is 0.778. The first-order valence-corrected chi connectivity index (χ1v) is 6.91. The summed E-state index contributed by atoms with van der Waals surface area (Å²) >= 11 is 0. The van der Waals surface area contributed by atoms with Crippen molar-refractivity contribution < 1.29 is 19.8 Å². The molecule has 0 bridgehead atoms. The number of aryl methyl sites for hydroxylation is 1. The second-order valence-electron chi connectivity index (χ2n) is 5.75. The fraction of sp³-hybridized carbons (Fsp3) is 0.467. The highest BCUT2D eigenvalue weighted by Crippen LogP contribution is 2.23. The average molecular weight is 292 g/mol. The number of likely N-dealkylation sites (tertiary alicyclic amines) is 1. The molecule has 6 nitrogen and oxygen atoms in total. The van der Waals surface area contributed by atoms with Crippen molar-refractivity contribution in [2.45, 2.75) is 32.3 Å². The van der Waals surface area contributed by atoms with Gasteiger partial charge in [0.15, 0.2) is 0 Å². The van der Waals surface area contributed by atoms with Gasteiger partial charge in [0.2, 0.25) is 0 Å². The van der Waals surface area contributed by atoms with E-state index < -0.39 is 11.6 Å². The highest BCUT2D eigenvalue weighted by molar-refractivity contribution is 5.94. The van der Waals surface area contributed by atoms with Crippen molar-refractivity contribution in [3.63, 3.8) is 0 Å². The fourth-order valence-electron chi connectivity index (χ4n) is 2.28. The SMILES string of the molecule is Cc1ccc(C(=O)O)cc1NC(=O)N1CCC(C)(O)CC1. The van der Waals surface area contributed by atoms with Crippen molar-refractivity contribution in [2.24, 2.45) is 0 Å². The molecule has 0 atom stereocenters. The number of nitrogens with one attached hydrogen (secondary N) is 1. The van der Waals surface area contributed by atoms with Crippen molar-refractivity contribution in [2.75, 3.05) is 18.4 Å². The number of carbonyl (C=O) groups is 2. The van der Waals surface area contributed by atoms with Crippen LogP contribution in [-0.4, -0.2) is 45.8 Å². The number of rotatable bonds is 2. The molecule has 21 heavy (non-hydrogen) atoms. The van der Waals surface area contributed by atoms with Crippen LogP contribution >= 0.6 is 0 Å². The minimum Gasteiger partial charge on any atom is -0.478 e. The Kier molecular flexibility index (Phi) is 4.18. The summed E-state index contributed by atoms with van der Waals surface area (Å²) in [5.41, 5.74) is 0.725. The Balaban J connectivity index is 2.06. The number of carboxylic acid groups (broad SMARTS) is 1. The molecule has 1 heterocycles. The number of carbonyl (C=O) groups excluding carboxylic acids is 1. The number of aliphatic hydroxyl groups is 1. The predicted molar refractivity (Wildman–Crippen MR) is 78.6 cm³/mol. The third-order valence-electron chi connectivity index (χ3n) is 3.85. The molecular weight excluding hydrogens is 272 g/mol. The summed E-state index contributed by atoms with van der Waals surface area (Å²) in [4.78, 5) is 24.8. The number of piperidine rings is 1. The number of nitrogens with zero attached hydrogens (tertiary/aromatic N) is 1. The lowest BCUT2D eigenvalue weighted by atomic mass is 9.94. The maximum absolute atomic E-state index is 12.2. The average Bonchev–Trinajstić information content (AvgIpc) is 2.40. The van der Waals surface area contributed by atoms with Crippen LogP contribution in [0.3, 0.4) is 0 Å². The highest BCUT2D eigenvalue weighted by Gasteiger charge is 2.29. The van der Waals surface area contributed by atoms with E-state index in [2.05, 4.69) is 5.32 Å². The van der Waals surface area contributed by atoms with Gasteiger partial charge in [-0.25, -0.2) is 9.59 Å². The van der Waals surface area contributed by atoms with Gasteiger partial charge in [-0.2, -0.15) is 0 Å². The van der Waals surface area contributed by atoms with E-state index in [9.17, 15) is 14.7 Å². The molecule has 0 saturated carbocycles. The van der Waals surface area contributed by atoms with E-state index >= 15 is 0 Å². The van der Waals surface area contributed by atoms with Gasteiger partial charge in [-0.1, -0.05) is 6.07 Å². The van der Waals surface area contributed by atoms with Crippen molar-refractivity contribution in [1.82, 2.24) is 4.90 Å². The van der Waals surface area contributed by atoms with Crippen LogP contribution in [-0.2, 0) is 0 Å². The van der Waals surface area contributed by atoms with Crippen LogP contribution in [0.25, 0.3) is 0 Å². The topological polar surface area (TPSA) is 89.9 Å². The molecular formula is C15H20N2O4. The zero-order valence-electron chi connectivity index (χ0n) is 12.2. The number of hydrogen-bond donors (Lipinski definition) is 3. The smallest absolute Gasteiger partial charge is 0.335 e.